The van der Waals surface area contributed by atoms with Gasteiger partial charge in [-0.2, -0.15) is 0 Å². The molecule has 2 aromatic carbocycles. The van der Waals surface area contributed by atoms with Crippen LogP contribution >= 0.6 is 11.3 Å². The third-order valence-electron chi connectivity index (χ3n) is 4.37. The van der Waals surface area contributed by atoms with Crippen LogP contribution in [0.1, 0.15) is 26.4 Å². The van der Waals surface area contributed by atoms with E-state index >= 15 is 0 Å². The number of amides is 2. The molecule has 0 N–H and O–H groups in total. The molecule has 4 rings (SSSR count). The van der Waals surface area contributed by atoms with Crippen molar-refractivity contribution in [2.75, 3.05) is 7.11 Å². The summed E-state index contributed by atoms with van der Waals surface area (Å²) in [4.78, 5) is 41.0. The number of rotatable bonds is 5. The van der Waals surface area contributed by atoms with E-state index in [4.69, 9.17) is 4.74 Å². The molecule has 1 aromatic heterocycles. The standard InChI is InChI=1S/C19H13N3O5S/c1-27-14-5-2-11(3-6-14)17-20-12(10-28-17)9-21-18(23)15-7-4-13(22(25)26)8-16(15)19(21)24/h2-8,10H,9H2,1H3. The number of hydrogen-bond acceptors (Lipinski definition) is 7. The molecule has 0 spiro atoms. The van der Waals surface area contributed by atoms with Gasteiger partial charge in [0.05, 0.1) is 35.4 Å². The number of nitro groups is 1. The van der Waals surface area contributed by atoms with E-state index < -0.39 is 16.7 Å². The lowest BCUT2D eigenvalue weighted by molar-refractivity contribution is -0.384. The molecule has 3 aromatic rings. The molecule has 2 heterocycles. The number of hydrogen-bond donors (Lipinski definition) is 0. The Morgan fingerprint density at radius 1 is 1.11 bits per heavy atom. The molecule has 0 fully saturated rings. The minimum absolute atomic E-state index is 0.00675. The Bertz CT molecular complexity index is 1110. The van der Waals surface area contributed by atoms with E-state index in [9.17, 15) is 19.7 Å². The van der Waals surface area contributed by atoms with E-state index in [1.165, 1.54) is 23.5 Å². The van der Waals surface area contributed by atoms with Gasteiger partial charge < -0.3 is 4.74 Å². The van der Waals surface area contributed by atoms with Gasteiger partial charge >= 0.3 is 0 Å². The fourth-order valence-electron chi connectivity index (χ4n) is 2.94. The highest BCUT2D eigenvalue weighted by Gasteiger charge is 2.37. The zero-order valence-corrected chi connectivity index (χ0v) is 15.4. The van der Waals surface area contributed by atoms with Crippen LogP contribution in [0.5, 0.6) is 5.75 Å². The quantitative estimate of drug-likeness (QED) is 0.372. The van der Waals surface area contributed by atoms with Gasteiger partial charge in [0.2, 0.25) is 0 Å². The number of benzene rings is 2. The Hall–Kier alpha value is -3.59. The summed E-state index contributed by atoms with van der Waals surface area (Å²) in [6.45, 7) is 0.00675. The van der Waals surface area contributed by atoms with Gasteiger partial charge in [0.15, 0.2) is 0 Å². The number of ether oxygens (including phenoxy) is 1. The Morgan fingerprint density at radius 3 is 2.50 bits per heavy atom. The lowest BCUT2D eigenvalue weighted by Gasteiger charge is -2.11. The first kappa shape index (κ1) is 17.8. The van der Waals surface area contributed by atoms with Gasteiger partial charge in [-0.3, -0.25) is 24.6 Å². The maximum Gasteiger partial charge on any atom is 0.270 e. The van der Waals surface area contributed by atoms with Crippen molar-refractivity contribution in [3.63, 3.8) is 0 Å². The third kappa shape index (κ3) is 3.01. The zero-order chi connectivity index (χ0) is 19.8. The van der Waals surface area contributed by atoms with Crippen molar-refractivity contribution in [2.24, 2.45) is 0 Å². The molecule has 0 bridgehead atoms. The Labute approximate surface area is 163 Å². The van der Waals surface area contributed by atoms with Crippen LogP contribution in [0.2, 0.25) is 0 Å². The zero-order valence-electron chi connectivity index (χ0n) is 14.6. The summed E-state index contributed by atoms with van der Waals surface area (Å²) < 4.78 is 5.14. The first-order valence-corrected chi connectivity index (χ1v) is 9.09. The van der Waals surface area contributed by atoms with Gasteiger partial charge in [0.25, 0.3) is 17.5 Å². The van der Waals surface area contributed by atoms with Gasteiger partial charge in [-0.15, -0.1) is 11.3 Å². The molecule has 0 atom stereocenters. The summed E-state index contributed by atoms with van der Waals surface area (Å²) in [6.07, 6.45) is 0. The van der Waals surface area contributed by atoms with E-state index in [1.54, 1.807) is 12.5 Å². The second kappa shape index (κ2) is 6.86. The molecule has 0 saturated heterocycles. The molecule has 140 valence electrons. The first-order chi connectivity index (χ1) is 13.5. The van der Waals surface area contributed by atoms with Gasteiger partial charge in [0, 0.05) is 23.1 Å². The Kier molecular flexibility index (Phi) is 4.36. The van der Waals surface area contributed by atoms with E-state index in [1.807, 2.05) is 24.3 Å². The van der Waals surface area contributed by atoms with Crippen molar-refractivity contribution >= 4 is 28.8 Å². The van der Waals surface area contributed by atoms with Crippen LogP contribution in [0, 0.1) is 10.1 Å². The first-order valence-electron chi connectivity index (χ1n) is 8.21. The highest BCUT2D eigenvalue weighted by atomic mass is 32.1. The average Bonchev–Trinajstić information content (AvgIpc) is 3.27. The van der Waals surface area contributed by atoms with Crippen LogP contribution in [-0.4, -0.2) is 33.7 Å². The predicted octanol–water partition coefficient (Wildman–Crippen LogP) is 3.52. The summed E-state index contributed by atoms with van der Waals surface area (Å²) in [5, 5.41) is 13.5. The van der Waals surface area contributed by atoms with E-state index in [2.05, 4.69) is 4.98 Å². The van der Waals surface area contributed by atoms with Crippen LogP contribution in [0.15, 0.2) is 47.8 Å². The molecule has 0 aliphatic carbocycles. The van der Waals surface area contributed by atoms with Crippen molar-refractivity contribution in [3.05, 3.63) is 74.8 Å². The molecule has 2 amide bonds. The second-order valence-electron chi connectivity index (χ2n) is 6.06. The maximum atomic E-state index is 12.6. The Balaban J connectivity index is 1.56. The molecule has 9 heteroatoms. The van der Waals surface area contributed by atoms with Crippen molar-refractivity contribution in [1.82, 2.24) is 9.88 Å². The van der Waals surface area contributed by atoms with E-state index in [-0.39, 0.29) is 23.4 Å². The SMILES string of the molecule is COc1ccc(-c2nc(CN3C(=O)c4ccc([N+](=O)[O-])cc4C3=O)cs2)cc1. The van der Waals surface area contributed by atoms with E-state index in [0.29, 0.717) is 5.69 Å². The van der Waals surface area contributed by atoms with Gasteiger partial charge in [0.1, 0.15) is 10.8 Å². The van der Waals surface area contributed by atoms with Crippen LogP contribution in [-0.2, 0) is 6.54 Å². The highest BCUT2D eigenvalue weighted by Crippen LogP contribution is 2.30. The molecule has 1 aliphatic rings. The predicted molar refractivity (Wildman–Crippen MR) is 101 cm³/mol. The second-order valence-corrected chi connectivity index (χ2v) is 6.91. The number of aromatic nitrogens is 1. The highest BCUT2D eigenvalue weighted by molar-refractivity contribution is 7.13. The van der Waals surface area contributed by atoms with Crippen molar-refractivity contribution in [2.45, 2.75) is 6.54 Å². The number of non-ortho nitro benzene ring substituents is 1. The molecule has 0 unspecified atom stereocenters. The van der Waals surface area contributed by atoms with Crippen LogP contribution in [0.4, 0.5) is 5.69 Å². The summed E-state index contributed by atoms with van der Waals surface area (Å²) in [5.41, 5.74) is 1.46. The number of fused-ring (bicyclic) bond motifs is 1. The number of methoxy groups -OCH3 is 1. The lowest BCUT2D eigenvalue weighted by atomic mass is 10.1. The fourth-order valence-corrected chi connectivity index (χ4v) is 3.76. The van der Waals surface area contributed by atoms with E-state index in [0.717, 1.165) is 27.3 Å². The van der Waals surface area contributed by atoms with Gasteiger partial charge in [-0.05, 0) is 30.3 Å². The third-order valence-corrected chi connectivity index (χ3v) is 5.31. The molecule has 8 nitrogen and oxygen atoms in total. The largest absolute Gasteiger partial charge is 0.497 e. The summed E-state index contributed by atoms with van der Waals surface area (Å²) in [7, 11) is 1.59. The fraction of sp³-hybridized carbons (Fsp3) is 0.105. The minimum Gasteiger partial charge on any atom is -0.497 e. The maximum absolute atomic E-state index is 12.6. The summed E-state index contributed by atoms with van der Waals surface area (Å²) in [5.74, 6) is -0.294. The van der Waals surface area contributed by atoms with Crippen LogP contribution in [0.25, 0.3) is 10.6 Å². The monoisotopic (exact) mass is 395 g/mol. The molecular formula is C19H13N3O5S. The van der Waals surface area contributed by atoms with Crippen molar-refractivity contribution in [3.8, 4) is 16.3 Å². The lowest BCUT2D eigenvalue weighted by Crippen LogP contribution is -2.29. The Morgan fingerprint density at radius 2 is 1.82 bits per heavy atom. The molecule has 0 radical (unpaired) electrons. The molecule has 0 saturated carbocycles. The minimum atomic E-state index is -0.595. The van der Waals surface area contributed by atoms with Gasteiger partial charge in [-0.25, -0.2) is 4.98 Å². The number of carbonyl (C=O) groups is 2. The number of nitrogens with zero attached hydrogens (tertiary/aromatic N) is 3. The normalized spacial score (nSPS) is 13.0. The van der Waals surface area contributed by atoms with Crippen LogP contribution in [0.3, 0.4) is 0 Å². The number of imide groups is 1. The summed E-state index contributed by atoms with van der Waals surface area (Å²) in [6, 6.07) is 11.1. The number of thiazole rings is 1. The molecular weight excluding hydrogens is 382 g/mol. The smallest absolute Gasteiger partial charge is 0.270 e. The average molecular weight is 395 g/mol. The van der Waals surface area contributed by atoms with Crippen LogP contribution < -0.4 is 4.74 Å². The number of carbonyl (C=O) groups excluding carboxylic acids is 2. The summed E-state index contributed by atoms with van der Waals surface area (Å²) >= 11 is 1.40. The van der Waals surface area contributed by atoms with Crippen molar-refractivity contribution < 1.29 is 19.2 Å². The topological polar surface area (TPSA) is 103 Å². The van der Waals surface area contributed by atoms with Crippen molar-refractivity contribution in [1.29, 1.82) is 0 Å². The molecule has 28 heavy (non-hydrogen) atoms. The van der Waals surface area contributed by atoms with Gasteiger partial charge in [-0.1, -0.05) is 0 Å². The number of nitro benzene ring substituents is 1. The molecule has 1 aliphatic heterocycles.